The van der Waals surface area contributed by atoms with Crippen LogP contribution in [0.15, 0.2) is 54.6 Å². The molecule has 0 aliphatic rings. The van der Waals surface area contributed by atoms with E-state index in [1.54, 1.807) is 7.11 Å². The Morgan fingerprint density at radius 1 is 0.944 bits per heavy atom. The molecule has 0 aliphatic carbocycles. The third-order valence-corrected chi connectivity index (χ3v) is 3.09. The average molecular weight is 241 g/mol. The van der Waals surface area contributed by atoms with E-state index in [9.17, 15) is 0 Å². The van der Waals surface area contributed by atoms with Crippen LogP contribution in [0.25, 0.3) is 0 Å². The van der Waals surface area contributed by atoms with E-state index in [1.165, 1.54) is 11.3 Å². The monoisotopic (exact) mass is 241 g/mol. The maximum atomic E-state index is 5.15. The molecule has 0 heterocycles. The molecule has 0 saturated heterocycles. The van der Waals surface area contributed by atoms with Crippen molar-refractivity contribution in [2.45, 2.75) is 6.42 Å². The van der Waals surface area contributed by atoms with Crippen LogP contribution in [0.3, 0.4) is 0 Å². The lowest BCUT2D eigenvalue weighted by Crippen LogP contribution is -2.20. The SMILES string of the molecule is COc1ccc(CCN(C)c2ccccc2)cc1. The molecular weight excluding hydrogens is 222 g/mol. The summed E-state index contributed by atoms with van der Waals surface area (Å²) in [7, 11) is 3.82. The predicted molar refractivity (Wildman–Crippen MR) is 76.4 cm³/mol. The van der Waals surface area contributed by atoms with Gasteiger partial charge in [0, 0.05) is 19.3 Å². The Kier molecular flexibility index (Phi) is 4.24. The van der Waals surface area contributed by atoms with Crippen molar-refractivity contribution in [3.63, 3.8) is 0 Å². The zero-order chi connectivity index (χ0) is 12.8. The van der Waals surface area contributed by atoms with Gasteiger partial charge in [-0.3, -0.25) is 0 Å². The van der Waals surface area contributed by atoms with Crippen molar-refractivity contribution in [2.24, 2.45) is 0 Å². The number of hydrogen-bond acceptors (Lipinski definition) is 2. The Labute approximate surface area is 109 Å². The Balaban J connectivity index is 1.91. The van der Waals surface area contributed by atoms with E-state index in [0.717, 1.165) is 18.7 Å². The Hall–Kier alpha value is -1.96. The normalized spacial score (nSPS) is 10.1. The number of hydrogen-bond donors (Lipinski definition) is 0. The highest BCUT2D eigenvalue weighted by Gasteiger charge is 2.00. The molecule has 0 fully saturated rings. The van der Waals surface area contributed by atoms with E-state index in [-0.39, 0.29) is 0 Å². The number of rotatable bonds is 5. The minimum atomic E-state index is 0.912. The summed E-state index contributed by atoms with van der Waals surface area (Å²) >= 11 is 0. The largest absolute Gasteiger partial charge is 0.497 e. The average Bonchev–Trinajstić information content (AvgIpc) is 2.46. The van der Waals surface area contributed by atoms with Gasteiger partial charge < -0.3 is 9.64 Å². The van der Waals surface area contributed by atoms with Crippen molar-refractivity contribution >= 4 is 5.69 Å². The summed E-state index contributed by atoms with van der Waals surface area (Å²) in [6.07, 6.45) is 1.04. The van der Waals surface area contributed by atoms with Gasteiger partial charge in [-0.1, -0.05) is 30.3 Å². The molecule has 0 aliphatic heterocycles. The zero-order valence-corrected chi connectivity index (χ0v) is 11.0. The second-order valence-electron chi connectivity index (χ2n) is 4.36. The summed E-state index contributed by atoms with van der Waals surface area (Å²) in [4.78, 5) is 2.27. The van der Waals surface area contributed by atoms with Crippen LogP contribution < -0.4 is 9.64 Å². The fraction of sp³-hybridized carbons (Fsp3) is 0.250. The number of para-hydroxylation sites is 1. The molecule has 2 aromatic rings. The molecule has 2 nitrogen and oxygen atoms in total. The molecule has 0 N–H and O–H groups in total. The van der Waals surface area contributed by atoms with Gasteiger partial charge in [-0.2, -0.15) is 0 Å². The Morgan fingerprint density at radius 3 is 2.22 bits per heavy atom. The summed E-state index contributed by atoms with van der Waals surface area (Å²) in [6, 6.07) is 18.7. The van der Waals surface area contributed by atoms with Crippen molar-refractivity contribution in [1.82, 2.24) is 0 Å². The maximum Gasteiger partial charge on any atom is 0.118 e. The molecule has 2 rings (SSSR count). The van der Waals surface area contributed by atoms with E-state index >= 15 is 0 Å². The standard InChI is InChI=1S/C16H19NO/c1-17(15-6-4-3-5-7-15)13-12-14-8-10-16(18-2)11-9-14/h3-11H,12-13H2,1-2H3. The molecule has 0 aromatic heterocycles. The van der Waals surface area contributed by atoms with Gasteiger partial charge in [-0.25, -0.2) is 0 Å². The highest BCUT2D eigenvalue weighted by Crippen LogP contribution is 2.14. The van der Waals surface area contributed by atoms with Gasteiger partial charge in [0.15, 0.2) is 0 Å². The van der Waals surface area contributed by atoms with Crippen molar-refractivity contribution in [1.29, 1.82) is 0 Å². The second-order valence-corrected chi connectivity index (χ2v) is 4.36. The summed E-state index contributed by atoms with van der Waals surface area (Å²) in [5, 5.41) is 0. The van der Waals surface area contributed by atoms with Crippen molar-refractivity contribution in [2.75, 3.05) is 25.6 Å². The molecule has 0 unspecified atom stereocenters. The third-order valence-electron chi connectivity index (χ3n) is 3.09. The van der Waals surface area contributed by atoms with Crippen LogP contribution in [0.5, 0.6) is 5.75 Å². The summed E-state index contributed by atoms with van der Waals surface area (Å²) in [5.74, 6) is 0.912. The second kappa shape index (κ2) is 6.10. The molecule has 0 saturated carbocycles. The predicted octanol–water partition coefficient (Wildman–Crippen LogP) is 3.37. The first-order valence-electron chi connectivity index (χ1n) is 6.19. The third kappa shape index (κ3) is 3.27. The van der Waals surface area contributed by atoms with E-state index in [1.807, 2.05) is 18.2 Å². The number of anilines is 1. The number of nitrogens with zero attached hydrogens (tertiary/aromatic N) is 1. The molecule has 0 bridgehead atoms. The molecule has 0 spiro atoms. The first kappa shape index (κ1) is 12.5. The van der Waals surface area contributed by atoms with Crippen LogP contribution in [0.4, 0.5) is 5.69 Å². The van der Waals surface area contributed by atoms with Crippen LogP contribution in [-0.4, -0.2) is 20.7 Å². The summed E-state index contributed by atoms with van der Waals surface area (Å²) < 4.78 is 5.15. The fourth-order valence-corrected chi connectivity index (χ4v) is 1.90. The minimum absolute atomic E-state index is 0.912. The highest BCUT2D eigenvalue weighted by molar-refractivity contribution is 5.45. The van der Waals surface area contributed by atoms with Crippen molar-refractivity contribution in [3.8, 4) is 5.75 Å². The fourth-order valence-electron chi connectivity index (χ4n) is 1.90. The van der Waals surface area contributed by atoms with E-state index in [2.05, 4.69) is 48.3 Å². The first-order valence-corrected chi connectivity index (χ1v) is 6.19. The summed E-state index contributed by atoms with van der Waals surface area (Å²) in [5.41, 5.74) is 2.59. The highest BCUT2D eigenvalue weighted by atomic mass is 16.5. The zero-order valence-electron chi connectivity index (χ0n) is 11.0. The number of ether oxygens (including phenoxy) is 1. The van der Waals surface area contributed by atoms with Crippen LogP contribution in [-0.2, 0) is 6.42 Å². The minimum Gasteiger partial charge on any atom is -0.497 e. The molecule has 2 aromatic carbocycles. The molecule has 0 amide bonds. The van der Waals surface area contributed by atoms with Crippen LogP contribution in [0, 0.1) is 0 Å². The lowest BCUT2D eigenvalue weighted by atomic mass is 10.1. The summed E-state index contributed by atoms with van der Waals surface area (Å²) in [6.45, 7) is 1.01. The van der Waals surface area contributed by atoms with Gasteiger partial charge in [0.25, 0.3) is 0 Å². The molecule has 18 heavy (non-hydrogen) atoms. The topological polar surface area (TPSA) is 12.5 Å². The van der Waals surface area contributed by atoms with Crippen molar-refractivity contribution < 1.29 is 4.74 Å². The van der Waals surface area contributed by atoms with Crippen LogP contribution >= 0.6 is 0 Å². The van der Waals surface area contributed by atoms with Crippen LogP contribution in [0.2, 0.25) is 0 Å². The number of benzene rings is 2. The molecule has 0 radical (unpaired) electrons. The lowest BCUT2D eigenvalue weighted by molar-refractivity contribution is 0.414. The number of methoxy groups -OCH3 is 1. The van der Waals surface area contributed by atoms with Gasteiger partial charge in [-0.15, -0.1) is 0 Å². The molecular formula is C16H19NO. The Morgan fingerprint density at radius 2 is 1.61 bits per heavy atom. The smallest absolute Gasteiger partial charge is 0.118 e. The van der Waals surface area contributed by atoms with Gasteiger partial charge >= 0.3 is 0 Å². The van der Waals surface area contributed by atoms with Crippen molar-refractivity contribution in [3.05, 3.63) is 60.2 Å². The van der Waals surface area contributed by atoms with Gasteiger partial charge in [0.2, 0.25) is 0 Å². The van der Waals surface area contributed by atoms with Gasteiger partial charge in [0.1, 0.15) is 5.75 Å². The Bertz CT molecular complexity index is 464. The number of likely N-dealkylation sites (N-methyl/N-ethyl adjacent to an activating group) is 1. The quantitative estimate of drug-likeness (QED) is 0.795. The van der Waals surface area contributed by atoms with E-state index in [4.69, 9.17) is 4.74 Å². The van der Waals surface area contributed by atoms with Crippen LogP contribution in [0.1, 0.15) is 5.56 Å². The molecule has 2 heteroatoms. The van der Waals surface area contributed by atoms with Gasteiger partial charge in [0.05, 0.1) is 7.11 Å². The lowest BCUT2D eigenvalue weighted by Gasteiger charge is -2.19. The maximum absolute atomic E-state index is 5.15. The van der Waals surface area contributed by atoms with E-state index in [0.29, 0.717) is 0 Å². The molecule has 94 valence electrons. The molecule has 0 atom stereocenters. The first-order chi connectivity index (χ1) is 8.79. The van der Waals surface area contributed by atoms with E-state index < -0.39 is 0 Å². The van der Waals surface area contributed by atoms with Gasteiger partial charge in [-0.05, 0) is 36.2 Å².